The monoisotopic (exact) mass is 600 g/mol. The standard InChI is InChI=1S/C25H26F6N6O3Si/c1-23(41,33-18-13-32-34-21(39)20(18)25(29,30)31)14-37-7-6-15(12-19(37)38)22(40)36-10-8-35(9-11-36)17-4-2-16(3-5-17)24(26,27)28/h2-7,12-13H,8-11,14H2,1,41H3,(H2,33,34,39)/t23-/m0/s1. The normalized spacial score (nSPS) is 16.0. The number of amides is 1. The summed E-state index contributed by atoms with van der Waals surface area (Å²) in [7, 11) is 0.269. The number of carbonyl (C=O) groups is 1. The molecule has 3 heterocycles. The van der Waals surface area contributed by atoms with Gasteiger partial charge in [0.2, 0.25) is 0 Å². The minimum absolute atomic E-state index is 0.0393. The minimum atomic E-state index is -4.92. The quantitative estimate of drug-likeness (QED) is 0.332. The van der Waals surface area contributed by atoms with Gasteiger partial charge in [-0.15, -0.1) is 0 Å². The molecule has 0 spiro atoms. The highest BCUT2D eigenvalue weighted by atomic mass is 28.1. The average molecular weight is 601 g/mol. The molecule has 220 valence electrons. The summed E-state index contributed by atoms with van der Waals surface area (Å²) in [6.07, 6.45) is -7.10. The van der Waals surface area contributed by atoms with Crippen LogP contribution in [-0.4, -0.2) is 67.2 Å². The number of alkyl halides is 6. The number of halogens is 6. The Morgan fingerprint density at radius 1 is 1.00 bits per heavy atom. The van der Waals surface area contributed by atoms with Crippen molar-refractivity contribution in [2.75, 3.05) is 36.4 Å². The van der Waals surface area contributed by atoms with Crippen LogP contribution in [0.5, 0.6) is 0 Å². The Hall–Kier alpha value is -4.08. The zero-order chi connectivity index (χ0) is 30.2. The number of benzene rings is 1. The zero-order valence-electron chi connectivity index (χ0n) is 21.9. The van der Waals surface area contributed by atoms with Gasteiger partial charge in [-0.25, -0.2) is 5.10 Å². The second kappa shape index (κ2) is 11.1. The number of H-pyrrole nitrogens is 1. The Balaban J connectivity index is 1.40. The van der Waals surface area contributed by atoms with Gasteiger partial charge in [-0.1, -0.05) is 0 Å². The summed E-state index contributed by atoms with van der Waals surface area (Å²) in [5.74, 6) is -0.391. The first-order valence-electron chi connectivity index (χ1n) is 12.4. The van der Waals surface area contributed by atoms with Crippen molar-refractivity contribution in [2.24, 2.45) is 0 Å². The Labute approximate surface area is 232 Å². The largest absolute Gasteiger partial charge is 0.423 e. The molecule has 1 aliphatic heterocycles. The third-order valence-corrected chi connectivity index (χ3v) is 7.11. The molecule has 1 aromatic carbocycles. The van der Waals surface area contributed by atoms with Gasteiger partial charge in [-0.3, -0.25) is 14.4 Å². The number of rotatable bonds is 6. The van der Waals surface area contributed by atoms with Crippen molar-refractivity contribution in [1.82, 2.24) is 19.7 Å². The average Bonchev–Trinajstić information content (AvgIpc) is 2.88. The second-order valence-corrected chi connectivity index (χ2v) is 12.4. The van der Waals surface area contributed by atoms with Crippen LogP contribution in [0.25, 0.3) is 0 Å². The number of hydrogen-bond acceptors (Lipinski definition) is 6. The highest BCUT2D eigenvalue weighted by Gasteiger charge is 2.38. The number of nitrogens with one attached hydrogen (secondary N) is 2. The Morgan fingerprint density at radius 2 is 1.63 bits per heavy atom. The van der Waals surface area contributed by atoms with E-state index in [0.717, 1.165) is 24.4 Å². The lowest BCUT2D eigenvalue weighted by atomic mass is 10.1. The number of piperazine rings is 1. The highest BCUT2D eigenvalue weighted by molar-refractivity contribution is 6.16. The summed E-state index contributed by atoms with van der Waals surface area (Å²) in [6, 6.07) is 7.38. The molecule has 0 saturated carbocycles. The number of hydrogen-bond donors (Lipinski definition) is 2. The molecule has 9 nitrogen and oxygen atoms in total. The maximum absolute atomic E-state index is 13.4. The van der Waals surface area contributed by atoms with Crippen LogP contribution in [0.15, 0.2) is 58.4 Å². The molecule has 41 heavy (non-hydrogen) atoms. The SMILES string of the molecule is C[C@]([SiH3])(Cn1ccc(C(=O)N2CCN(c3ccc(C(F)(F)F)cc3)CC2)cc1=O)Nc1cn[nH]c(=O)c1C(F)(F)F. The fraction of sp³-hybridized carbons (Fsp3) is 0.360. The molecule has 0 aliphatic carbocycles. The molecule has 3 aromatic rings. The molecule has 4 rings (SSSR count). The molecule has 0 unspecified atom stereocenters. The zero-order valence-corrected chi connectivity index (χ0v) is 23.9. The van der Waals surface area contributed by atoms with Crippen LogP contribution in [0, 0.1) is 0 Å². The Morgan fingerprint density at radius 3 is 2.20 bits per heavy atom. The van der Waals surface area contributed by atoms with Crippen molar-refractivity contribution in [3.8, 4) is 0 Å². The number of anilines is 2. The first kappa shape index (κ1) is 29.9. The predicted molar refractivity (Wildman–Crippen MR) is 142 cm³/mol. The summed E-state index contributed by atoms with van der Waals surface area (Å²) < 4.78 is 79.9. The van der Waals surface area contributed by atoms with Crippen molar-refractivity contribution >= 4 is 27.5 Å². The smallest absolute Gasteiger partial charge is 0.380 e. The van der Waals surface area contributed by atoms with E-state index < -0.39 is 51.4 Å². The van der Waals surface area contributed by atoms with E-state index >= 15 is 0 Å². The third-order valence-electron chi connectivity index (χ3n) is 6.55. The van der Waals surface area contributed by atoms with Crippen molar-refractivity contribution < 1.29 is 31.1 Å². The lowest BCUT2D eigenvalue weighted by molar-refractivity contribution is -0.138. The summed E-state index contributed by atoms with van der Waals surface area (Å²) >= 11 is 0. The number of aromatic amines is 1. The van der Waals surface area contributed by atoms with E-state index in [9.17, 15) is 40.7 Å². The fourth-order valence-electron chi connectivity index (χ4n) is 4.59. The Bertz CT molecular complexity index is 1530. The topological polar surface area (TPSA) is 103 Å². The van der Waals surface area contributed by atoms with E-state index in [1.807, 2.05) is 4.90 Å². The first-order valence-corrected chi connectivity index (χ1v) is 13.4. The van der Waals surface area contributed by atoms with Crippen LogP contribution in [0.2, 0.25) is 0 Å². The van der Waals surface area contributed by atoms with Crippen molar-refractivity contribution in [3.05, 3.63) is 86.2 Å². The van der Waals surface area contributed by atoms with Gasteiger partial charge >= 0.3 is 12.4 Å². The number of carbonyl (C=O) groups excluding carboxylic acids is 1. The molecule has 1 atom stereocenters. The van der Waals surface area contributed by atoms with Gasteiger partial charge in [0.05, 0.1) is 17.4 Å². The van der Waals surface area contributed by atoms with E-state index in [2.05, 4.69) is 10.4 Å². The lowest BCUT2D eigenvalue weighted by Crippen LogP contribution is -2.49. The number of pyridine rings is 1. The first-order chi connectivity index (χ1) is 19.0. The molecule has 16 heteroatoms. The Kier molecular flexibility index (Phi) is 8.06. The van der Waals surface area contributed by atoms with Gasteiger partial charge < -0.3 is 19.7 Å². The number of aromatic nitrogens is 3. The van der Waals surface area contributed by atoms with Crippen molar-refractivity contribution in [1.29, 1.82) is 0 Å². The molecule has 2 aromatic heterocycles. The summed E-state index contributed by atoms with van der Waals surface area (Å²) in [5.41, 5.74) is -3.86. The van der Waals surface area contributed by atoms with Crippen LogP contribution >= 0.6 is 0 Å². The van der Waals surface area contributed by atoms with E-state index in [4.69, 9.17) is 0 Å². The maximum Gasteiger partial charge on any atom is 0.423 e. The van der Waals surface area contributed by atoms with E-state index in [1.54, 1.807) is 12.0 Å². The molecule has 1 amide bonds. The van der Waals surface area contributed by atoms with Gasteiger partial charge in [0, 0.05) is 71.6 Å². The van der Waals surface area contributed by atoms with Crippen LogP contribution in [0.4, 0.5) is 37.7 Å². The summed E-state index contributed by atoms with van der Waals surface area (Å²) in [4.78, 5) is 41.0. The summed E-state index contributed by atoms with van der Waals surface area (Å²) in [6.45, 7) is 2.91. The fourth-order valence-corrected chi connectivity index (χ4v) is 5.20. The maximum atomic E-state index is 13.4. The van der Waals surface area contributed by atoms with E-state index in [0.29, 0.717) is 18.8 Å². The van der Waals surface area contributed by atoms with E-state index in [-0.39, 0.29) is 35.4 Å². The van der Waals surface area contributed by atoms with Crippen LogP contribution in [-0.2, 0) is 18.9 Å². The predicted octanol–water partition coefficient (Wildman–Crippen LogP) is 2.13. The van der Waals surface area contributed by atoms with E-state index in [1.165, 1.54) is 33.9 Å². The van der Waals surface area contributed by atoms with Crippen molar-refractivity contribution in [2.45, 2.75) is 31.0 Å². The highest BCUT2D eigenvalue weighted by Crippen LogP contribution is 2.33. The van der Waals surface area contributed by atoms with Gasteiger partial charge in [0.25, 0.3) is 17.0 Å². The van der Waals surface area contributed by atoms with Gasteiger partial charge in [-0.2, -0.15) is 31.4 Å². The van der Waals surface area contributed by atoms with Crippen LogP contribution in [0.3, 0.4) is 0 Å². The van der Waals surface area contributed by atoms with Gasteiger partial charge in [0.15, 0.2) is 0 Å². The minimum Gasteiger partial charge on any atom is -0.380 e. The molecule has 1 fully saturated rings. The number of nitrogens with zero attached hydrogens (tertiary/aromatic N) is 4. The van der Waals surface area contributed by atoms with Crippen LogP contribution in [0.1, 0.15) is 28.4 Å². The third kappa shape index (κ3) is 6.98. The molecule has 0 bridgehead atoms. The summed E-state index contributed by atoms with van der Waals surface area (Å²) in [5, 5.41) is 6.90. The van der Waals surface area contributed by atoms with Gasteiger partial charge in [0.1, 0.15) is 5.56 Å². The van der Waals surface area contributed by atoms with Crippen molar-refractivity contribution in [3.63, 3.8) is 0 Å². The molecule has 0 radical (unpaired) electrons. The molecule has 1 saturated heterocycles. The molecular formula is C25H26F6N6O3Si. The van der Waals surface area contributed by atoms with Crippen LogP contribution < -0.4 is 21.3 Å². The van der Waals surface area contributed by atoms with Gasteiger partial charge in [-0.05, 0) is 37.3 Å². The second-order valence-electron chi connectivity index (χ2n) is 10.2. The molecule has 2 N–H and O–H groups in total. The lowest BCUT2D eigenvalue weighted by Gasteiger charge is -2.36. The molecular weight excluding hydrogens is 574 g/mol. The molecule has 1 aliphatic rings.